The van der Waals surface area contributed by atoms with Gasteiger partial charge in [-0.1, -0.05) is 20.8 Å². The maximum Gasteiger partial charge on any atom is 0.166 e. The Morgan fingerprint density at radius 3 is 2.71 bits per heavy atom. The molecule has 1 aromatic rings. The third kappa shape index (κ3) is 5.00. The smallest absolute Gasteiger partial charge is 0.166 e. The number of thiazole rings is 1. The maximum atomic E-state index is 5.24. The lowest BCUT2D eigenvalue weighted by atomic mass is 10.2. The van der Waals surface area contributed by atoms with Gasteiger partial charge in [0.15, 0.2) is 5.11 Å². The summed E-state index contributed by atoms with van der Waals surface area (Å²) in [6.45, 7) is 9.45. The molecular formula is C12H21N3S2. The van der Waals surface area contributed by atoms with Crippen molar-refractivity contribution in [1.82, 2.24) is 15.6 Å². The molecule has 17 heavy (non-hydrogen) atoms. The van der Waals surface area contributed by atoms with Gasteiger partial charge in [-0.2, -0.15) is 0 Å². The first-order valence-electron chi connectivity index (χ1n) is 6.01. The minimum Gasteiger partial charge on any atom is -0.362 e. The molecule has 0 saturated carbocycles. The molecule has 1 atom stereocenters. The summed E-state index contributed by atoms with van der Waals surface area (Å²) in [6, 6.07) is 0.174. The molecule has 1 unspecified atom stereocenters. The van der Waals surface area contributed by atoms with Crippen molar-refractivity contribution in [3.05, 3.63) is 16.1 Å². The van der Waals surface area contributed by atoms with E-state index in [-0.39, 0.29) is 6.04 Å². The minimum atomic E-state index is 0.174. The van der Waals surface area contributed by atoms with Crippen molar-refractivity contribution < 1.29 is 0 Å². The van der Waals surface area contributed by atoms with Gasteiger partial charge < -0.3 is 10.6 Å². The van der Waals surface area contributed by atoms with E-state index in [1.54, 1.807) is 11.3 Å². The van der Waals surface area contributed by atoms with Gasteiger partial charge in [-0.25, -0.2) is 4.98 Å². The largest absolute Gasteiger partial charge is 0.362 e. The lowest BCUT2D eigenvalue weighted by Crippen LogP contribution is -2.38. The maximum absolute atomic E-state index is 5.24. The predicted octanol–water partition coefficient (Wildman–Crippen LogP) is 2.89. The quantitative estimate of drug-likeness (QED) is 0.808. The number of thiocarbonyl (C=S) groups is 1. The zero-order valence-corrected chi connectivity index (χ0v) is 12.5. The van der Waals surface area contributed by atoms with E-state index >= 15 is 0 Å². The summed E-state index contributed by atoms with van der Waals surface area (Å²) in [5.74, 6) is 0.594. The Labute approximate surface area is 113 Å². The van der Waals surface area contributed by atoms with E-state index in [1.165, 1.54) is 4.88 Å². The average Bonchev–Trinajstić information content (AvgIpc) is 2.74. The lowest BCUT2D eigenvalue weighted by Gasteiger charge is -2.16. The number of hydrogen-bond donors (Lipinski definition) is 2. The van der Waals surface area contributed by atoms with Crippen LogP contribution >= 0.6 is 23.6 Å². The van der Waals surface area contributed by atoms with Gasteiger partial charge in [0.2, 0.25) is 0 Å². The van der Waals surface area contributed by atoms with Gasteiger partial charge in [0.1, 0.15) is 5.01 Å². The van der Waals surface area contributed by atoms with Crippen molar-refractivity contribution >= 4 is 28.7 Å². The van der Waals surface area contributed by atoms with E-state index < -0.39 is 0 Å². The Morgan fingerprint density at radius 2 is 2.18 bits per heavy atom. The van der Waals surface area contributed by atoms with Crippen LogP contribution < -0.4 is 10.6 Å². The molecule has 2 N–H and O–H groups in total. The van der Waals surface area contributed by atoms with Crippen molar-refractivity contribution in [1.29, 1.82) is 0 Å². The summed E-state index contributed by atoms with van der Waals surface area (Å²) in [7, 11) is 0. The molecule has 3 nitrogen and oxygen atoms in total. The molecule has 0 bridgehead atoms. The third-order valence-corrected chi connectivity index (χ3v) is 3.90. The summed E-state index contributed by atoms with van der Waals surface area (Å²) < 4.78 is 0. The lowest BCUT2D eigenvalue weighted by molar-refractivity contribution is 0.608. The van der Waals surface area contributed by atoms with Crippen molar-refractivity contribution in [2.75, 3.05) is 6.54 Å². The Balaban J connectivity index is 2.42. The molecule has 0 aromatic carbocycles. The number of aryl methyl sites for hydroxylation is 1. The molecular weight excluding hydrogens is 250 g/mol. The Morgan fingerprint density at radius 1 is 1.47 bits per heavy atom. The van der Waals surface area contributed by atoms with Gasteiger partial charge in [0, 0.05) is 17.6 Å². The van der Waals surface area contributed by atoms with E-state index in [0.717, 1.165) is 18.0 Å². The topological polar surface area (TPSA) is 37.0 Å². The second kappa shape index (κ2) is 6.91. The van der Waals surface area contributed by atoms with E-state index in [2.05, 4.69) is 43.3 Å². The van der Waals surface area contributed by atoms with Crippen LogP contribution in [0, 0.1) is 5.92 Å². The molecule has 0 fully saturated rings. The van der Waals surface area contributed by atoms with Gasteiger partial charge in [-0.3, -0.25) is 0 Å². The molecule has 0 aliphatic heterocycles. The third-order valence-electron chi connectivity index (χ3n) is 2.31. The molecule has 0 amide bonds. The first-order chi connectivity index (χ1) is 8.02. The fourth-order valence-electron chi connectivity index (χ4n) is 1.29. The zero-order chi connectivity index (χ0) is 12.8. The Bertz CT molecular complexity index is 360. The monoisotopic (exact) mass is 271 g/mol. The van der Waals surface area contributed by atoms with Gasteiger partial charge in [-0.15, -0.1) is 11.3 Å². The molecule has 0 spiro atoms. The molecule has 1 heterocycles. The first kappa shape index (κ1) is 14.4. The second-order valence-corrected chi connectivity index (χ2v) is 6.04. The first-order valence-corrected chi connectivity index (χ1v) is 7.24. The summed E-state index contributed by atoms with van der Waals surface area (Å²) in [5.41, 5.74) is 0. The van der Waals surface area contributed by atoms with Crippen LogP contribution in [0.5, 0.6) is 0 Å². The number of aromatic nitrogens is 1. The molecule has 0 aliphatic rings. The van der Waals surface area contributed by atoms with Crippen LogP contribution in [0.3, 0.4) is 0 Å². The number of rotatable bonds is 5. The van der Waals surface area contributed by atoms with Gasteiger partial charge >= 0.3 is 0 Å². The van der Waals surface area contributed by atoms with E-state index in [9.17, 15) is 0 Å². The molecule has 0 aliphatic carbocycles. The normalized spacial score (nSPS) is 12.5. The fourth-order valence-corrected chi connectivity index (χ4v) is 2.41. The average molecular weight is 271 g/mol. The molecule has 1 rings (SSSR count). The molecule has 0 radical (unpaired) electrons. The fraction of sp³-hybridized carbons (Fsp3) is 0.667. The summed E-state index contributed by atoms with van der Waals surface area (Å²) in [4.78, 5) is 5.72. The molecule has 96 valence electrons. The SMILES string of the molecule is CCc1cnc(C(C)NC(=S)NCC(C)C)s1. The van der Waals surface area contributed by atoms with Gasteiger partial charge in [-0.05, 0) is 31.5 Å². The van der Waals surface area contributed by atoms with Crippen molar-refractivity contribution in [2.45, 2.75) is 40.2 Å². The van der Waals surface area contributed by atoms with E-state index in [1.807, 2.05) is 6.20 Å². The minimum absolute atomic E-state index is 0.174. The highest BCUT2D eigenvalue weighted by atomic mass is 32.1. The van der Waals surface area contributed by atoms with E-state index in [4.69, 9.17) is 12.2 Å². The van der Waals surface area contributed by atoms with Crippen molar-refractivity contribution in [3.8, 4) is 0 Å². The summed E-state index contributed by atoms with van der Waals surface area (Å²) in [6.07, 6.45) is 2.99. The van der Waals surface area contributed by atoms with Crippen molar-refractivity contribution in [2.24, 2.45) is 5.92 Å². The second-order valence-electron chi connectivity index (χ2n) is 4.49. The Kier molecular flexibility index (Phi) is 5.85. The van der Waals surface area contributed by atoms with Crippen LogP contribution in [0.4, 0.5) is 0 Å². The van der Waals surface area contributed by atoms with Crippen LogP contribution in [0.1, 0.15) is 43.6 Å². The zero-order valence-electron chi connectivity index (χ0n) is 10.9. The highest BCUT2D eigenvalue weighted by Gasteiger charge is 2.11. The van der Waals surface area contributed by atoms with Crippen LogP contribution in [0.15, 0.2) is 6.20 Å². The van der Waals surface area contributed by atoms with Gasteiger partial charge in [0.05, 0.1) is 6.04 Å². The molecule has 0 saturated heterocycles. The summed E-state index contributed by atoms with van der Waals surface area (Å²) in [5, 5.41) is 8.26. The van der Waals surface area contributed by atoms with Crippen LogP contribution in [0.2, 0.25) is 0 Å². The van der Waals surface area contributed by atoms with Crippen LogP contribution in [-0.4, -0.2) is 16.6 Å². The van der Waals surface area contributed by atoms with Crippen LogP contribution in [-0.2, 0) is 6.42 Å². The molecule has 1 aromatic heterocycles. The van der Waals surface area contributed by atoms with E-state index in [0.29, 0.717) is 11.0 Å². The number of hydrogen-bond acceptors (Lipinski definition) is 3. The number of nitrogens with zero attached hydrogens (tertiary/aromatic N) is 1. The Hall–Kier alpha value is -0.680. The van der Waals surface area contributed by atoms with Gasteiger partial charge in [0.25, 0.3) is 0 Å². The summed E-state index contributed by atoms with van der Waals surface area (Å²) >= 11 is 6.98. The highest BCUT2D eigenvalue weighted by molar-refractivity contribution is 7.80. The highest BCUT2D eigenvalue weighted by Crippen LogP contribution is 2.19. The van der Waals surface area contributed by atoms with Crippen molar-refractivity contribution in [3.63, 3.8) is 0 Å². The molecule has 5 heteroatoms. The number of nitrogens with one attached hydrogen (secondary N) is 2. The van der Waals surface area contributed by atoms with Crippen LogP contribution in [0.25, 0.3) is 0 Å². The standard InChI is InChI=1S/C12H21N3S2/c1-5-10-7-13-11(17-10)9(4)15-12(16)14-6-8(2)3/h7-9H,5-6H2,1-4H3,(H2,14,15,16). The predicted molar refractivity (Wildman–Crippen MR) is 78.5 cm³/mol.